The molecule has 2 rings (SSSR count). The summed E-state index contributed by atoms with van der Waals surface area (Å²) in [4.78, 5) is 0.953. The zero-order valence-electron chi connectivity index (χ0n) is 8.67. The zero-order chi connectivity index (χ0) is 11.4. The minimum absolute atomic E-state index is 0.285. The van der Waals surface area contributed by atoms with Gasteiger partial charge in [-0.15, -0.1) is 12.6 Å². The van der Waals surface area contributed by atoms with Crippen molar-refractivity contribution in [2.75, 3.05) is 0 Å². The number of aromatic hydroxyl groups is 1. The Kier molecular flexibility index (Phi) is 3.32. The van der Waals surface area contributed by atoms with Crippen molar-refractivity contribution in [1.29, 1.82) is 0 Å². The molecule has 2 aromatic carbocycles. The quantitative estimate of drug-likeness (QED) is 0.591. The number of rotatable bonds is 2. The second kappa shape index (κ2) is 4.90. The second-order valence-electron chi connectivity index (χ2n) is 3.52. The van der Waals surface area contributed by atoms with Crippen LogP contribution in [0.15, 0.2) is 53.4 Å². The summed E-state index contributed by atoms with van der Waals surface area (Å²) < 4.78 is 0. The standard InChI is InChI=1S/C14H12OS/c15-13-3-1-2-12(10-13)5-4-11-6-8-14(16)9-7-11/h1-10,15-16H/b5-4+. The molecule has 0 unspecified atom stereocenters. The van der Waals surface area contributed by atoms with Crippen LogP contribution in [0.3, 0.4) is 0 Å². The van der Waals surface area contributed by atoms with E-state index in [0.29, 0.717) is 0 Å². The van der Waals surface area contributed by atoms with Crippen molar-refractivity contribution in [3.05, 3.63) is 59.7 Å². The van der Waals surface area contributed by atoms with E-state index in [-0.39, 0.29) is 5.75 Å². The van der Waals surface area contributed by atoms with Crippen LogP contribution in [0.2, 0.25) is 0 Å². The third kappa shape index (κ3) is 2.91. The van der Waals surface area contributed by atoms with Gasteiger partial charge in [-0.1, -0.05) is 36.4 Å². The maximum absolute atomic E-state index is 9.30. The van der Waals surface area contributed by atoms with Crippen LogP contribution < -0.4 is 0 Å². The fourth-order valence-electron chi connectivity index (χ4n) is 1.41. The largest absolute Gasteiger partial charge is 0.508 e. The number of phenolic OH excluding ortho intramolecular Hbond substituents is 1. The number of benzene rings is 2. The molecule has 2 aromatic rings. The summed E-state index contributed by atoms with van der Waals surface area (Å²) in [7, 11) is 0. The number of hydrogen-bond donors (Lipinski definition) is 2. The average Bonchev–Trinajstić information content (AvgIpc) is 2.28. The lowest BCUT2D eigenvalue weighted by Crippen LogP contribution is -1.73. The molecule has 80 valence electrons. The van der Waals surface area contributed by atoms with Gasteiger partial charge in [0.1, 0.15) is 5.75 Å². The molecule has 1 nitrogen and oxygen atoms in total. The van der Waals surface area contributed by atoms with Crippen molar-refractivity contribution in [2.24, 2.45) is 0 Å². The van der Waals surface area contributed by atoms with Crippen LogP contribution in [0.5, 0.6) is 5.75 Å². The summed E-state index contributed by atoms with van der Waals surface area (Å²) in [6, 6.07) is 15.1. The number of hydrogen-bond acceptors (Lipinski definition) is 2. The lowest BCUT2D eigenvalue weighted by Gasteiger charge is -1.96. The summed E-state index contributed by atoms with van der Waals surface area (Å²) in [6.45, 7) is 0. The normalized spacial score (nSPS) is 10.8. The van der Waals surface area contributed by atoms with Gasteiger partial charge in [0, 0.05) is 4.90 Å². The van der Waals surface area contributed by atoms with Crippen LogP contribution in [0.1, 0.15) is 11.1 Å². The lowest BCUT2D eigenvalue weighted by atomic mass is 10.1. The van der Waals surface area contributed by atoms with Gasteiger partial charge >= 0.3 is 0 Å². The highest BCUT2D eigenvalue weighted by atomic mass is 32.1. The Morgan fingerprint density at radius 2 is 1.56 bits per heavy atom. The molecule has 0 fully saturated rings. The van der Waals surface area contributed by atoms with E-state index in [1.54, 1.807) is 12.1 Å². The maximum atomic E-state index is 9.30. The van der Waals surface area contributed by atoms with E-state index in [0.717, 1.165) is 16.0 Å². The summed E-state index contributed by atoms with van der Waals surface area (Å²) >= 11 is 4.23. The first-order valence-corrected chi connectivity index (χ1v) is 5.45. The van der Waals surface area contributed by atoms with Crippen molar-refractivity contribution < 1.29 is 5.11 Å². The highest BCUT2D eigenvalue weighted by molar-refractivity contribution is 7.80. The topological polar surface area (TPSA) is 20.2 Å². The molecule has 0 aliphatic rings. The first-order valence-electron chi connectivity index (χ1n) is 5.00. The van der Waals surface area contributed by atoms with Crippen molar-refractivity contribution in [3.63, 3.8) is 0 Å². The van der Waals surface area contributed by atoms with Gasteiger partial charge in [-0.25, -0.2) is 0 Å². The molecule has 0 saturated carbocycles. The van der Waals surface area contributed by atoms with E-state index in [9.17, 15) is 5.11 Å². The van der Waals surface area contributed by atoms with E-state index in [1.165, 1.54) is 0 Å². The van der Waals surface area contributed by atoms with Crippen LogP contribution in [-0.4, -0.2) is 5.11 Å². The maximum Gasteiger partial charge on any atom is 0.116 e. The van der Waals surface area contributed by atoms with E-state index >= 15 is 0 Å². The Morgan fingerprint density at radius 3 is 2.25 bits per heavy atom. The minimum Gasteiger partial charge on any atom is -0.508 e. The Bertz CT molecular complexity index is 500. The molecule has 0 heterocycles. The smallest absolute Gasteiger partial charge is 0.116 e. The van der Waals surface area contributed by atoms with E-state index in [2.05, 4.69) is 12.6 Å². The molecule has 16 heavy (non-hydrogen) atoms. The summed E-state index contributed by atoms with van der Waals surface area (Å²) in [5, 5.41) is 9.30. The molecule has 2 heteroatoms. The van der Waals surface area contributed by atoms with Gasteiger partial charge in [0.15, 0.2) is 0 Å². The highest BCUT2D eigenvalue weighted by Crippen LogP contribution is 2.15. The molecule has 0 saturated heterocycles. The van der Waals surface area contributed by atoms with E-state index in [1.807, 2.05) is 48.6 Å². The molecule has 0 spiro atoms. The molecule has 0 aliphatic carbocycles. The fourth-order valence-corrected chi connectivity index (χ4v) is 1.56. The van der Waals surface area contributed by atoms with E-state index < -0.39 is 0 Å². The SMILES string of the molecule is Oc1cccc(/C=C/c2ccc(S)cc2)c1. The third-order valence-electron chi connectivity index (χ3n) is 2.23. The summed E-state index contributed by atoms with van der Waals surface area (Å²) in [6.07, 6.45) is 3.97. The Balaban J connectivity index is 2.18. The van der Waals surface area contributed by atoms with E-state index in [4.69, 9.17) is 0 Å². The molecule has 0 amide bonds. The van der Waals surface area contributed by atoms with Gasteiger partial charge in [-0.2, -0.15) is 0 Å². The van der Waals surface area contributed by atoms with Crippen molar-refractivity contribution in [2.45, 2.75) is 4.90 Å². The Hall–Kier alpha value is -1.67. The Morgan fingerprint density at radius 1 is 0.875 bits per heavy atom. The molecule has 0 atom stereocenters. The molecular weight excluding hydrogens is 216 g/mol. The first kappa shape index (κ1) is 10.8. The van der Waals surface area contributed by atoms with Crippen molar-refractivity contribution in [3.8, 4) is 5.75 Å². The van der Waals surface area contributed by atoms with Gasteiger partial charge in [-0.3, -0.25) is 0 Å². The molecule has 1 N–H and O–H groups in total. The lowest BCUT2D eigenvalue weighted by molar-refractivity contribution is 0.475. The second-order valence-corrected chi connectivity index (χ2v) is 4.04. The molecule has 0 bridgehead atoms. The third-order valence-corrected chi connectivity index (χ3v) is 2.53. The molecule has 0 aromatic heterocycles. The van der Waals surface area contributed by atoms with Gasteiger partial charge in [0.05, 0.1) is 0 Å². The van der Waals surface area contributed by atoms with Crippen LogP contribution in [-0.2, 0) is 0 Å². The zero-order valence-corrected chi connectivity index (χ0v) is 9.56. The van der Waals surface area contributed by atoms with Crippen molar-refractivity contribution in [1.82, 2.24) is 0 Å². The number of thiol groups is 1. The number of phenols is 1. The van der Waals surface area contributed by atoms with Crippen LogP contribution in [0.25, 0.3) is 12.2 Å². The molecular formula is C14H12OS. The Labute approximate surface area is 100 Å². The highest BCUT2D eigenvalue weighted by Gasteiger charge is 1.90. The van der Waals surface area contributed by atoms with Gasteiger partial charge in [0.25, 0.3) is 0 Å². The fraction of sp³-hybridized carbons (Fsp3) is 0. The predicted octanol–water partition coefficient (Wildman–Crippen LogP) is 3.85. The van der Waals surface area contributed by atoms with Gasteiger partial charge in [0.2, 0.25) is 0 Å². The first-order chi connectivity index (χ1) is 7.74. The predicted molar refractivity (Wildman–Crippen MR) is 70.7 cm³/mol. The van der Waals surface area contributed by atoms with Gasteiger partial charge < -0.3 is 5.11 Å². The van der Waals surface area contributed by atoms with Crippen LogP contribution >= 0.6 is 12.6 Å². The van der Waals surface area contributed by atoms with Crippen molar-refractivity contribution >= 4 is 24.8 Å². The minimum atomic E-state index is 0.285. The van der Waals surface area contributed by atoms with Gasteiger partial charge in [-0.05, 0) is 35.4 Å². The summed E-state index contributed by atoms with van der Waals surface area (Å²) in [5.74, 6) is 0.285. The average molecular weight is 228 g/mol. The van der Waals surface area contributed by atoms with Crippen LogP contribution in [0.4, 0.5) is 0 Å². The monoisotopic (exact) mass is 228 g/mol. The molecule has 0 radical (unpaired) electrons. The van der Waals surface area contributed by atoms with Crippen LogP contribution in [0, 0.1) is 0 Å². The molecule has 0 aliphatic heterocycles. The summed E-state index contributed by atoms with van der Waals surface area (Å²) in [5.41, 5.74) is 2.09.